The van der Waals surface area contributed by atoms with Crippen molar-refractivity contribution in [1.82, 2.24) is 10.6 Å². The molecule has 0 aliphatic heterocycles. The van der Waals surface area contributed by atoms with Crippen LogP contribution >= 0.6 is 58.0 Å². The van der Waals surface area contributed by atoms with Crippen molar-refractivity contribution >= 4 is 81.4 Å². The molecular weight excluding hydrogens is 594 g/mol. The van der Waals surface area contributed by atoms with Crippen LogP contribution in [0.5, 0.6) is 0 Å². The Morgan fingerprint density at radius 3 is 2.14 bits per heavy atom. The third-order valence-corrected chi connectivity index (χ3v) is 7.34. The van der Waals surface area contributed by atoms with Crippen molar-refractivity contribution in [2.75, 3.05) is 18.4 Å². The van der Waals surface area contributed by atoms with Crippen LogP contribution in [-0.2, 0) is 9.59 Å². The molecule has 3 amide bonds. The van der Waals surface area contributed by atoms with Crippen molar-refractivity contribution in [2.45, 2.75) is 35.9 Å². The van der Waals surface area contributed by atoms with Crippen molar-refractivity contribution in [3.8, 4) is 0 Å². The topological polar surface area (TPSA) is 87.3 Å². The number of halogens is 7. The molecular formula is C24H22Cl5F2N3O3. The van der Waals surface area contributed by atoms with E-state index in [1.54, 1.807) is 18.2 Å². The van der Waals surface area contributed by atoms with E-state index in [9.17, 15) is 23.2 Å². The monoisotopic (exact) mass is 613 g/mol. The zero-order valence-corrected chi connectivity index (χ0v) is 23.1. The van der Waals surface area contributed by atoms with Gasteiger partial charge in [0.05, 0.1) is 16.5 Å². The Morgan fingerprint density at radius 2 is 1.54 bits per heavy atom. The predicted molar refractivity (Wildman–Crippen MR) is 142 cm³/mol. The van der Waals surface area contributed by atoms with Crippen molar-refractivity contribution in [3.63, 3.8) is 0 Å². The molecule has 1 aliphatic rings. The highest BCUT2D eigenvalue weighted by Gasteiger charge is 2.67. The molecule has 6 nitrogen and oxygen atoms in total. The summed E-state index contributed by atoms with van der Waals surface area (Å²) in [6.07, 6.45) is 0.810. The van der Waals surface area contributed by atoms with Crippen LogP contribution in [0.4, 0.5) is 14.5 Å². The van der Waals surface area contributed by atoms with Crippen LogP contribution in [0.3, 0.4) is 0 Å². The predicted octanol–water partition coefficient (Wildman–Crippen LogP) is 6.45. The van der Waals surface area contributed by atoms with Crippen molar-refractivity contribution in [2.24, 2.45) is 5.92 Å². The molecule has 2 aromatic rings. The second-order valence-electron chi connectivity index (χ2n) is 8.62. The van der Waals surface area contributed by atoms with Crippen LogP contribution in [0, 0.1) is 5.92 Å². The van der Waals surface area contributed by atoms with Crippen molar-refractivity contribution < 1.29 is 23.2 Å². The first-order valence-electron chi connectivity index (χ1n) is 11.1. The van der Waals surface area contributed by atoms with E-state index >= 15 is 0 Å². The van der Waals surface area contributed by atoms with Gasteiger partial charge < -0.3 is 16.0 Å². The van der Waals surface area contributed by atoms with E-state index in [0.29, 0.717) is 41.1 Å². The van der Waals surface area contributed by atoms with Gasteiger partial charge in [-0.3, -0.25) is 14.4 Å². The summed E-state index contributed by atoms with van der Waals surface area (Å²) in [5.74, 6) is -7.06. The molecule has 0 spiro atoms. The van der Waals surface area contributed by atoms with Gasteiger partial charge in [0, 0.05) is 41.7 Å². The molecule has 2 atom stereocenters. The van der Waals surface area contributed by atoms with Crippen molar-refractivity contribution in [3.05, 3.63) is 62.6 Å². The van der Waals surface area contributed by atoms with E-state index in [-0.39, 0.29) is 23.7 Å². The lowest BCUT2D eigenvalue weighted by Gasteiger charge is -2.11. The average Bonchev–Trinajstić information content (AvgIpc) is 3.37. The molecule has 1 aliphatic carbocycles. The zero-order chi connectivity index (χ0) is 27.5. The Kier molecular flexibility index (Phi) is 9.56. The summed E-state index contributed by atoms with van der Waals surface area (Å²) in [5, 5.41) is 8.42. The minimum absolute atomic E-state index is 0.0482. The minimum atomic E-state index is -3.44. The van der Waals surface area contributed by atoms with Gasteiger partial charge in [0.15, 0.2) is 0 Å². The van der Waals surface area contributed by atoms with E-state index in [1.165, 1.54) is 18.2 Å². The third kappa shape index (κ3) is 7.60. The molecule has 3 rings (SSSR count). The van der Waals surface area contributed by atoms with Crippen LogP contribution in [0.2, 0.25) is 15.1 Å². The van der Waals surface area contributed by atoms with Crippen LogP contribution in [0.25, 0.3) is 0 Å². The number of nitrogens with one attached hydrogen (secondary N) is 3. The first-order valence-corrected chi connectivity index (χ1v) is 13.0. The summed E-state index contributed by atoms with van der Waals surface area (Å²) in [5.41, 5.74) is 1.05. The summed E-state index contributed by atoms with van der Waals surface area (Å²) < 4.78 is 24.3. The van der Waals surface area contributed by atoms with Crippen LogP contribution in [0.1, 0.15) is 41.6 Å². The van der Waals surface area contributed by atoms with E-state index in [0.717, 1.165) is 0 Å². The second kappa shape index (κ2) is 11.9. The van der Waals surface area contributed by atoms with E-state index in [2.05, 4.69) is 16.0 Å². The van der Waals surface area contributed by atoms with E-state index in [1.807, 2.05) is 0 Å². The number of hydrogen-bond acceptors (Lipinski definition) is 3. The number of hydrogen-bond donors (Lipinski definition) is 3. The smallest absolute Gasteiger partial charge is 0.321 e. The van der Waals surface area contributed by atoms with Gasteiger partial charge in [-0.2, -0.15) is 8.78 Å². The molecule has 37 heavy (non-hydrogen) atoms. The van der Waals surface area contributed by atoms with Crippen LogP contribution in [-0.4, -0.2) is 41.1 Å². The molecule has 13 heteroatoms. The number of anilines is 1. The minimum Gasteiger partial charge on any atom is -0.352 e. The fraction of sp³-hybridized carbons (Fsp3) is 0.375. The molecule has 0 saturated heterocycles. The highest BCUT2D eigenvalue weighted by atomic mass is 35.5. The molecule has 2 unspecified atom stereocenters. The molecule has 200 valence electrons. The first-order chi connectivity index (χ1) is 17.2. The van der Waals surface area contributed by atoms with Gasteiger partial charge in [0.2, 0.25) is 5.91 Å². The molecule has 2 aromatic carbocycles. The second-order valence-corrected chi connectivity index (χ2v) is 11.3. The SMILES string of the molecule is CC(F)(F)C(=O)NCCCCNC(=O)c1cc(NC(=O)C2C(c3cc(Cl)cc(Cl)c3)C2(Cl)Cl)ccc1Cl. The number of amides is 3. The maximum absolute atomic E-state index is 12.9. The number of carbonyl (C=O) groups is 3. The third-order valence-electron chi connectivity index (χ3n) is 5.63. The summed E-state index contributed by atoms with van der Waals surface area (Å²) in [4.78, 5) is 36.7. The molecule has 0 bridgehead atoms. The van der Waals surface area contributed by atoms with Crippen LogP contribution in [0.15, 0.2) is 36.4 Å². The molecule has 1 saturated carbocycles. The van der Waals surface area contributed by atoms with Gasteiger partial charge in [-0.1, -0.05) is 34.8 Å². The summed E-state index contributed by atoms with van der Waals surface area (Å²) >= 11 is 31.1. The Bertz CT molecular complexity index is 1190. The van der Waals surface area contributed by atoms with Gasteiger partial charge in [0.25, 0.3) is 11.8 Å². The highest BCUT2D eigenvalue weighted by Crippen LogP contribution is 2.65. The van der Waals surface area contributed by atoms with E-state index < -0.39 is 39.8 Å². The highest BCUT2D eigenvalue weighted by molar-refractivity contribution is 6.53. The molecule has 3 N–H and O–H groups in total. The molecule has 0 heterocycles. The summed E-state index contributed by atoms with van der Waals surface area (Å²) in [7, 11) is 0. The molecule has 0 aromatic heterocycles. The normalized spacial score (nSPS) is 18.2. The number of alkyl halides is 4. The lowest BCUT2D eigenvalue weighted by molar-refractivity contribution is -0.143. The summed E-state index contributed by atoms with van der Waals surface area (Å²) in [6.45, 7) is 0.784. The zero-order valence-electron chi connectivity index (χ0n) is 19.3. The Hall–Kier alpha value is -1.84. The van der Waals surface area contributed by atoms with Crippen molar-refractivity contribution in [1.29, 1.82) is 0 Å². The number of benzene rings is 2. The Morgan fingerprint density at radius 1 is 0.946 bits per heavy atom. The number of unbranched alkanes of at least 4 members (excludes halogenated alkanes) is 1. The number of carbonyl (C=O) groups excluding carboxylic acids is 3. The van der Waals surface area contributed by atoms with Crippen LogP contribution < -0.4 is 16.0 Å². The van der Waals surface area contributed by atoms with Gasteiger partial charge in [-0.15, -0.1) is 23.2 Å². The van der Waals surface area contributed by atoms with Gasteiger partial charge >= 0.3 is 5.92 Å². The Labute approximate surface area is 237 Å². The standard InChI is InChI=1S/C24H22Cl5F2N3O3/c1-23(30,31)22(37)33-7-3-2-6-32-20(35)16-11-15(4-5-17(16)27)34-21(36)19-18(24(19,28)29)12-8-13(25)10-14(26)9-12/h4-5,8-11,18-19H,2-3,6-7H2,1H3,(H,32,35)(H,33,37)(H,34,36). The van der Waals surface area contributed by atoms with Gasteiger partial charge in [0.1, 0.15) is 4.33 Å². The quantitative estimate of drug-likeness (QED) is 0.212. The average molecular weight is 616 g/mol. The lowest BCUT2D eigenvalue weighted by atomic mass is 10.1. The number of rotatable bonds is 10. The largest absolute Gasteiger partial charge is 0.352 e. The fourth-order valence-corrected chi connectivity index (χ4v) is 5.30. The molecule has 1 fully saturated rings. The van der Waals surface area contributed by atoms with Gasteiger partial charge in [-0.25, -0.2) is 0 Å². The van der Waals surface area contributed by atoms with Gasteiger partial charge in [-0.05, 0) is 54.8 Å². The fourth-order valence-electron chi connectivity index (χ4n) is 3.72. The van der Waals surface area contributed by atoms with E-state index in [4.69, 9.17) is 58.0 Å². The first kappa shape index (κ1) is 29.7. The molecule has 0 radical (unpaired) electrons. The Balaban J connectivity index is 1.55. The maximum Gasteiger partial charge on any atom is 0.321 e. The maximum atomic E-state index is 12.9. The lowest BCUT2D eigenvalue weighted by Crippen LogP contribution is -2.38. The summed E-state index contributed by atoms with van der Waals surface area (Å²) in [6, 6.07) is 9.24.